The number of rotatable bonds is 4. The average Bonchev–Trinajstić information content (AvgIpc) is 3.22. The number of amides is 1. The molecule has 1 N–H and O–H groups in total. The largest absolute Gasteiger partial charge is 0.497 e. The molecule has 0 saturated carbocycles. The van der Waals surface area contributed by atoms with Crippen molar-refractivity contribution in [3.63, 3.8) is 0 Å². The molecule has 160 valence electrons. The number of halogens is 1. The Morgan fingerprint density at radius 2 is 1.81 bits per heavy atom. The molecule has 0 saturated heterocycles. The van der Waals surface area contributed by atoms with Crippen molar-refractivity contribution in [2.24, 2.45) is 0 Å². The molecule has 2 heterocycles. The summed E-state index contributed by atoms with van der Waals surface area (Å²) in [6.45, 7) is 0. The molecule has 6 nitrogen and oxygen atoms in total. The van der Waals surface area contributed by atoms with Gasteiger partial charge in [-0.3, -0.25) is 4.79 Å². The highest BCUT2D eigenvalue weighted by Gasteiger charge is 2.44. The fourth-order valence-electron chi connectivity index (χ4n) is 4.01. The second kappa shape index (κ2) is 7.85. The second-order valence-corrected chi connectivity index (χ2v) is 7.42. The van der Waals surface area contributed by atoms with E-state index in [2.05, 4.69) is 5.32 Å². The van der Waals surface area contributed by atoms with E-state index in [1.807, 2.05) is 0 Å². The Morgan fingerprint density at radius 1 is 1.03 bits per heavy atom. The van der Waals surface area contributed by atoms with Crippen molar-refractivity contribution in [2.75, 3.05) is 12.4 Å². The number of anilines is 1. The number of hydrogen-bond donors (Lipinski definition) is 1. The van der Waals surface area contributed by atoms with Gasteiger partial charge in [0.25, 0.3) is 5.91 Å². The van der Waals surface area contributed by atoms with E-state index in [1.54, 1.807) is 60.7 Å². The maximum absolute atomic E-state index is 13.6. The molecule has 1 amide bonds. The van der Waals surface area contributed by atoms with E-state index >= 15 is 0 Å². The molecule has 0 unspecified atom stereocenters. The van der Waals surface area contributed by atoms with E-state index < -0.39 is 29.4 Å². The maximum Gasteiger partial charge on any atom is 0.344 e. The van der Waals surface area contributed by atoms with Gasteiger partial charge in [0.2, 0.25) is 0 Å². The molecule has 32 heavy (non-hydrogen) atoms. The highest BCUT2D eigenvalue weighted by molar-refractivity contribution is 5.97. The van der Waals surface area contributed by atoms with Crippen LogP contribution in [0.4, 0.5) is 10.1 Å². The summed E-state index contributed by atoms with van der Waals surface area (Å²) in [5.41, 5.74) is 1.09. The lowest BCUT2D eigenvalue weighted by Gasteiger charge is -2.19. The molecule has 4 aromatic rings. The summed E-state index contributed by atoms with van der Waals surface area (Å²) in [6, 6.07) is 19.5. The van der Waals surface area contributed by atoms with Crippen LogP contribution in [0.3, 0.4) is 0 Å². The molecule has 0 radical (unpaired) electrons. The topological polar surface area (TPSA) is 77.8 Å². The number of ether oxygens (including phenoxy) is 2. The average molecular weight is 431 g/mol. The van der Waals surface area contributed by atoms with Gasteiger partial charge in [0.05, 0.1) is 24.0 Å². The third-order valence-corrected chi connectivity index (χ3v) is 5.48. The van der Waals surface area contributed by atoms with E-state index in [4.69, 9.17) is 13.9 Å². The van der Waals surface area contributed by atoms with Crippen LogP contribution >= 0.6 is 0 Å². The van der Waals surface area contributed by atoms with Crippen molar-refractivity contribution >= 4 is 22.6 Å². The van der Waals surface area contributed by atoms with Crippen molar-refractivity contribution in [3.05, 3.63) is 100 Å². The molecule has 5 rings (SSSR count). The van der Waals surface area contributed by atoms with Crippen molar-refractivity contribution < 1.29 is 23.1 Å². The fraction of sp³-hybridized carbons (Fsp3) is 0.120. The summed E-state index contributed by atoms with van der Waals surface area (Å²) in [4.78, 5) is 26.2. The fourth-order valence-corrected chi connectivity index (χ4v) is 4.01. The molecular weight excluding hydrogens is 413 g/mol. The summed E-state index contributed by atoms with van der Waals surface area (Å²) < 4.78 is 30.4. The summed E-state index contributed by atoms with van der Waals surface area (Å²) in [7, 11) is 1.53. The van der Waals surface area contributed by atoms with Gasteiger partial charge in [-0.2, -0.15) is 0 Å². The van der Waals surface area contributed by atoms with Gasteiger partial charge >= 0.3 is 5.63 Å². The van der Waals surface area contributed by atoms with Crippen LogP contribution in [-0.4, -0.2) is 19.1 Å². The zero-order valence-corrected chi connectivity index (χ0v) is 17.0. The quantitative estimate of drug-likeness (QED) is 0.483. The van der Waals surface area contributed by atoms with Gasteiger partial charge in [-0.05, 0) is 42.0 Å². The SMILES string of the molecule is COc1cccc(NC(=O)[C@@H]2Oc3c(c(=O)oc4ccccc34)[C@H]2c2ccc(F)cc2)c1. The minimum atomic E-state index is -1.06. The van der Waals surface area contributed by atoms with Gasteiger partial charge in [0.15, 0.2) is 6.10 Å². The zero-order valence-electron chi connectivity index (χ0n) is 17.0. The van der Waals surface area contributed by atoms with Crippen molar-refractivity contribution in [1.82, 2.24) is 0 Å². The molecule has 2 atom stereocenters. The number of hydrogen-bond acceptors (Lipinski definition) is 5. The molecule has 1 aromatic heterocycles. The van der Waals surface area contributed by atoms with Crippen LogP contribution in [0.1, 0.15) is 17.0 Å². The Balaban J connectivity index is 1.61. The van der Waals surface area contributed by atoms with Crippen LogP contribution in [-0.2, 0) is 4.79 Å². The van der Waals surface area contributed by atoms with Crippen LogP contribution < -0.4 is 20.4 Å². The first-order valence-electron chi connectivity index (χ1n) is 9.98. The number of carbonyl (C=O) groups is 1. The van der Waals surface area contributed by atoms with Crippen molar-refractivity contribution in [2.45, 2.75) is 12.0 Å². The Bertz CT molecular complexity index is 1380. The van der Waals surface area contributed by atoms with Crippen LogP contribution in [0.25, 0.3) is 11.0 Å². The zero-order chi connectivity index (χ0) is 22.2. The number of nitrogens with one attached hydrogen (secondary N) is 1. The van der Waals surface area contributed by atoms with Crippen molar-refractivity contribution in [3.8, 4) is 11.5 Å². The van der Waals surface area contributed by atoms with Crippen LogP contribution in [0.15, 0.2) is 82.0 Å². The van der Waals surface area contributed by atoms with E-state index in [-0.39, 0.29) is 5.56 Å². The third kappa shape index (κ3) is 3.37. The molecule has 1 aliphatic rings. The second-order valence-electron chi connectivity index (χ2n) is 7.42. The summed E-state index contributed by atoms with van der Waals surface area (Å²) >= 11 is 0. The lowest BCUT2D eigenvalue weighted by molar-refractivity contribution is -0.122. The summed E-state index contributed by atoms with van der Waals surface area (Å²) in [5.74, 6) is -0.753. The van der Waals surface area contributed by atoms with Crippen LogP contribution in [0.5, 0.6) is 11.5 Å². The van der Waals surface area contributed by atoms with E-state index in [0.29, 0.717) is 33.7 Å². The molecule has 0 aliphatic carbocycles. The van der Waals surface area contributed by atoms with E-state index in [1.165, 1.54) is 19.2 Å². The monoisotopic (exact) mass is 431 g/mol. The Hall–Kier alpha value is -4.13. The minimum Gasteiger partial charge on any atom is -0.497 e. The Kier molecular flexibility index (Phi) is 4.86. The van der Waals surface area contributed by atoms with Gasteiger partial charge in [0, 0.05) is 11.8 Å². The number of benzene rings is 3. The lowest BCUT2D eigenvalue weighted by atomic mass is 9.88. The van der Waals surface area contributed by atoms with Crippen molar-refractivity contribution in [1.29, 1.82) is 0 Å². The van der Waals surface area contributed by atoms with Gasteiger partial charge in [-0.15, -0.1) is 0 Å². The predicted octanol–water partition coefficient (Wildman–Crippen LogP) is 4.47. The first kappa shape index (κ1) is 19.8. The molecule has 0 spiro atoms. The number of methoxy groups -OCH3 is 1. The molecule has 7 heteroatoms. The predicted molar refractivity (Wildman–Crippen MR) is 117 cm³/mol. The highest BCUT2D eigenvalue weighted by atomic mass is 19.1. The number of fused-ring (bicyclic) bond motifs is 3. The first-order valence-corrected chi connectivity index (χ1v) is 9.98. The molecule has 1 aliphatic heterocycles. The Morgan fingerprint density at radius 3 is 2.59 bits per heavy atom. The first-order chi connectivity index (χ1) is 15.5. The normalized spacial score (nSPS) is 16.9. The summed E-state index contributed by atoms with van der Waals surface area (Å²) in [5, 5.41) is 3.41. The maximum atomic E-state index is 13.6. The minimum absolute atomic E-state index is 0.237. The smallest absolute Gasteiger partial charge is 0.344 e. The van der Waals surface area contributed by atoms with E-state index in [0.717, 1.165) is 0 Å². The van der Waals surface area contributed by atoms with E-state index in [9.17, 15) is 14.0 Å². The molecular formula is C25H18FNO5. The lowest BCUT2D eigenvalue weighted by Crippen LogP contribution is -2.35. The van der Waals surface area contributed by atoms with Crippen LogP contribution in [0, 0.1) is 5.82 Å². The molecule has 3 aromatic carbocycles. The van der Waals surface area contributed by atoms with Gasteiger partial charge in [-0.25, -0.2) is 9.18 Å². The Labute approximate surface area is 182 Å². The number of carbonyl (C=O) groups excluding carboxylic acids is 1. The van der Waals surface area contributed by atoms with Gasteiger partial charge in [0.1, 0.15) is 22.9 Å². The van der Waals surface area contributed by atoms with Crippen LogP contribution in [0.2, 0.25) is 0 Å². The molecule has 0 fully saturated rings. The highest BCUT2D eigenvalue weighted by Crippen LogP contribution is 2.44. The van der Waals surface area contributed by atoms with Gasteiger partial charge in [-0.1, -0.05) is 30.3 Å². The standard InChI is InChI=1S/C25H18FNO5/c1-30-17-6-4-5-16(13-17)27-24(28)23-20(14-9-11-15(26)12-10-14)21-22(32-23)18-7-2-3-8-19(18)31-25(21)29/h2-13,20,23H,1H3,(H,27,28)/t20-,23-/m1/s1. The third-order valence-electron chi connectivity index (χ3n) is 5.48. The number of para-hydroxylation sites is 1. The summed E-state index contributed by atoms with van der Waals surface area (Å²) in [6.07, 6.45) is -1.06. The van der Waals surface area contributed by atoms with Gasteiger partial charge < -0.3 is 19.2 Å². The molecule has 0 bridgehead atoms.